The zero-order chi connectivity index (χ0) is 6.85. The molecule has 1 atom stereocenters. The first kappa shape index (κ1) is 6.29. The lowest BCUT2D eigenvalue weighted by molar-refractivity contribution is 0.786. The van der Waals surface area contributed by atoms with E-state index < -0.39 is 0 Å². The van der Waals surface area contributed by atoms with Gasteiger partial charge in [0.15, 0.2) is 0 Å². The van der Waals surface area contributed by atoms with Crippen molar-refractivity contribution in [3.8, 4) is 0 Å². The van der Waals surface area contributed by atoms with Crippen LogP contribution >= 0.6 is 0 Å². The molecule has 1 rings (SSSR count). The number of hydrogen-bond donors (Lipinski definition) is 1. The van der Waals surface area contributed by atoms with Gasteiger partial charge in [0, 0.05) is 19.3 Å². The van der Waals surface area contributed by atoms with Gasteiger partial charge in [-0.05, 0) is 6.92 Å². The van der Waals surface area contributed by atoms with Crippen LogP contribution in [0.2, 0.25) is 0 Å². The third-order valence-electron chi connectivity index (χ3n) is 1.19. The molecule has 3 nitrogen and oxygen atoms in total. The summed E-state index contributed by atoms with van der Waals surface area (Å²) in [7, 11) is 1.93. The number of imidazole rings is 1. The Bertz CT molecular complexity index is 190. The summed E-state index contributed by atoms with van der Waals surface area (Å²) in [6, 6.07) is 0.0474. The minimum Gasteiger partial charge on any atom is -0.340 e. The van der Waals surface area contributed by atoms with E-state index in [2.05, 4.69) is 4.98 Å². The van der Waals surface area contributed by atoms with Crippen LogP contribution < -0.4 is 5.73 Å². The first-order valence-corrected chi connectivity index (χ1v) is 2.93. The van der Waals surface area contributed by atoms with Crippen LogP contribution in [0.25, 0.3) is 0 Å². The number of nitrogens with two attached hydrogens (primary N) is 1. The maximum atomic E-state index is 5.55. The lowest BCUT2D eigenvalue weighted by Crippen LogP contribution is -2.04. The zero-order valence-electron chi connectivity index (χ0n) is 5.70. The van der Waals surface area contributed by atoms with Crippen LogP contribution in [0.5, 0.6) is 0 Å². The van der Waals surface area contributed by atoms with E-state index >= 15 is 0 Å². The summed E-state index contributed by atoms with van der Waals surface area (Å²) in [5.74, 6) is 0. The summed E-state index contributed by atoms with van der Waals surface area (Å²) in [4.78, 5) is 4.05. The summed E-state index contributed by atoms with van der Waals surface area (Å²) < 4.78 is 1.89. The third-order valence-corrected chi connectivity index (χ3v) is 1.19. The lowest BCUT2D eigenvalue weighted by atomic mass is 10.3. The predicted octanol–water partition coefficient (Wildman–Crippen LogP) is 0.440. The molecule has 0 saturated carbocycles. The Hall–Kier alpha value is -0.830. The van der Waals surface area contributed by atoms with Crippen molar-refractivity contribution < 1.29 is 0 Å². The van der Waals surface area contributed by atoms with E-state index in [9.17, 15) is 0 Å². The number of nitrogens with zero attached hydrogens (tertiary/aromatic N) is 2. The molecular formula is C6H11N3. The van der Waals surface area contributed by atoms with Crippen LogP contribution in [-0.4, -0.2) is 9.55 Å². The summed E-state index contributed by atoms with van der Waals surface area (Å²) >= 11 is 0. The molecule has 0 amide bonds. The Labute approximate surface area is 54.5 Å². The molecule has 0 aliphatic carbocycles. The first-order valence-electron chi connectivity index (χ1n) is 2.93. The quantitative estimate of drug-likeness (QED) is 0.591. The van der Waals surface area contributed by atoms with Gasteiger partial charge in [-0.3, -0.25) is 0 Å². The van der Waals surface area contributed by atoms with E-state index in [-0.39, 0.29) is 6.04 Å². The average molecular weight is 125 g/mol. The van der Waals surface area contributed by atoms with E-state index in [1.807, 2.05) is 24.7 Å². The maximum absolute atomic E-state index is 5.55. The van der Waals surface area contributed by atoms with Gasteiger partial charge in [-0.25, -0.2) is 4.98 Å². The Morgan fingerprint density at radius 3 is 2.67 bits per heavy atom. The monoisotopic (exact) mass is 125 g/mol. The van der Waals surface area contributed by atoms with Crippen LogP contribution in [0.1, 0.15) is 18.7 Å². The minimum absolute atomic E-state index is 0.0474. The van der Waals surface area contributed by atoms with Gasteiger partial charge in [-0.1, -0.05) is 0 Å². The molecule has 0 aromatic carbocycles. The molecule has 0 radical (unpaired) electrons. The van der Waals surface area contributed by atoms with Gasteiger partial charge >= 0.3 is 0 Å². The van der Waals surface area contributed by atoms with Crippen molar-refractivity contribution in [2.75, 3.05) is 0 Å². The van der Waals surface area contributed by atoms with Crippen LogP contribution in [0, 0.1) is 0 Å². The molecule has 0 unspecified atom stereocenters. The smallest absolute Gasteiger partial charge is 0.0947 e. The SMILES string of the molecule is C[C@H](N)c1cn(C)cn1. The van der Waals surface area contributed by atoms with Crippen LogP contribution in [0.4, 0.5) is 0 Å². The number of aromatic nitrogens is 2. The highest BCUT2D eigenvalue weighted by molar-refractivity contribution is 5.00. The fraction of sp³-hybridized carbons (Fsp3) is 0.500. The molecular weight excluding hydrogens is 114 g/mol. The van der Waals surface area contributed by atoms with Gasteiger partial charge in [0.05, 0.1) is 12.0 Å². The molecule has 0 saturated heterocycles. The maximum Gasteiger partial charge on any atom is 0.0947 e. The summed E-state index contributed by atoms with van der Waals surface area (Å²) in [5, 5.41) is 0. The molecule has 0 spiro atoms. The van der Waals surface area contributed by atoms with Crippen LogP contribution in [0.3, 0.4) is 0 Å². The second-order valence-corrected chi connectivity index (χ2v) is 2.25. The molecule has 9 heavy (non-hydrogen) atoms. The molecule has 1 aromatic heterocycles. The van der Waals surface area contributed by atoms with Crippen molar-refractivity contribution in [2.45, 2.75) is 13.0 Å². The highest BCUT2D eigenvalue weighted by atomic mass is 15.0. The molecule has 0 bridgehead atoms. The lowest BCUT2D eigenvalue weighted by Gasteiger charge is -1.95. The summed E-state index contributed by atoms with van der Waals surface area (Å²) in [6.45, 7) is 1.92. The molecule has 50 valence electrons. The van der Waals surface area contributed by atoms with Gasteiger partial charge in [0.2, 0.25) is 0 Å². The number of rotatable bonds is 1. The third kappa shape index (κ3) is 1.29. The van der Waals surface area contributed by atoms with Crippen molar-refractivity contribution >= 4 is 0 Å². The number of aryl methyl sites for hydroxylation is 1. The fourth-order valence-electron chi connectivity index (χ4n) is 0.668. The Balaban J connectivity index is 2.85. The van der Waals surface area contributed by atoms with Crippen molar-refractivity contribution in [3.63, 3.8) is 0 Å². The van der Waals surface area contributed by atoms with Crippen molar-refractivity contribution in [1.29, 1.82) is 0 Å². The normalized spacial score (nSPS) is 13.7. The highest BCUT2D eigenvalue weighted by Crippen LogP contribution is 2.03. The second kappa shape index (κ2) is 2.19. The van der Waals surface area contributed by atoms with Gasteiger partial charge in [-0.2, -0.15) is 0 Å². The minimum atomic E-state index is 0.0474. The zero-order valence-corrected chi connectivity index (χ0v) is 5.70. The molecule has 0 fully saturated rings. The van der Waals surface area contributed by atoms with E-state index in [1.165, 1.54) is 0 Å². The Kier molecular flexibility index (Phi) is 1.53. The summed E-state index contributed by atoms with van der Waals surface area (Å²) in [6.07, 6.45) is 3.67. The fourth-order valence-corrected chi connectivity index (χ4v) is 0.668. The van der Waals surface area contributed by atoms with Crippen molar-refractivity contribution in [2.24, 2.45) is 12.8 Å². The van der Waals surface area contributed by atoms with E-state index in [4.69, 9.17) is 5.73 Å². The van der Waals surface area contributed by atoms with E-state index in [0.717, 1.165) is 5.69 Å². The van der Waals surface area contributed by atoms with Gasteiger partial charge < -0.3 is 10.3 Å². The highest BCUT2D eigenvalue weighted by Gasteiger charge is 1.99. The van der Waals surface area contributed by atoms with Gasteiger partial charge in [0.25, 0.3) is 0 Å². The molecule has 0 aliphatic heterocycles. The first-order chi connectivity index (χ1) is 4.20. The molecule has 1 heterocycles. The predicted molar refractivity (Wildman–Crippen MR) is 35.8 cm³/mol. The largest absolute Gasteiger partial charge is 0.340 e. The van der Waals surface area contributed by atoms with Crippen molar-refractivity contribution in [1.82, 2.24) is 9.55 Å². The molecule has 3 heteroatoms. The average Bonchev–Trinajstić information content (AvgIpc) is 2.14. The van der Waals surface area contributed by atoms with Gasteiger partial charge in [0.1, 0.15) is 0 Å². The molecule has 1 aromatic rings. The topological polar surface area (TPSA) is 43.8 Å². The van der Waals surface area contributed by atoms with Crippen molar-refractivity contribution in [3.05, 3.63) is 18.2 Å². The number of hydrogen-bond acceptors (Lipinski definition) is 2. The van der Waals surface area contributed by atoms with Crippen LogP contribution in [-0.2, 0) is 7.05 Å². The summed E-state index contributed by atoms with van der Waals surface area (Å²) in [5.41, 5.74) is 6.49. The van der Waals surface area contributed by atoms with Crippen LogP contribution in [0.15, 0.2) is 12.5 Å². The molecule has 0 aliphatic rings. The molecule has 2 N–H and O–H groups in total. The van der Waals surface area contributed by atoms with E-state index in [1.54, 1.807) is 6.33 Å². The van der Waals surface area contributed by atoms with Gasteiger partial charge in [-0.15, -0.1) is 0 Å². The van der Waals surface area contributed by atoms with E-state index in [0.29, 0.717) is 0 Å². The second-order valence-electron chi connectivity index (χ2n) is 2.25. The Morgan fingerprint density at radius 2 is 2.44 bits per heavy atom. The Morgan fingerprint density at radius 1 is 1.78 bits per heavy atom. The standard InChI is InChI=1S/C6H11N3/c1-5(7)6-3-9(2)4-8-6/h3-5H,7H2,1-2H3/t5-/m0/s1.